The van der Waals surface area contributed by atoms with E-state index in [9.17, 15) is 4.79 Å². The summed E-state index contributed by atoms with van der Waals surface area (Å²) in [6.45, 7) is 9.94. The van der Waals surface area contributed by atoms with Crippen LogP contribution in [0.4, 0.5) is 0 Å². The molecule has 2 aromatic carbocycles. The number of aromatic amines is 1. The summed E-state index contributed by atoms with van der Waals surface area (Å²) in [4.78, 5) is 15.1. The van der Waals surface area contributed by atoms with Crippen LogP contribution >= 0.6 is 12.2 Å². The number of ether oxygens (including phenoxy) is 1. The Bertz CT molecular complexity index is 1160. The lowest BCUT2D eigenvalue weighted by molar-refractivity contribution is -0.121. The van der Waals surface area contributed by atoms with Crippen LogP contribution in [0.25, 0.3) is 11.4 Å². The molecule has 0 bridgehead atoms. The van der Waals surface area contributed by atoms with Gasteiger partial charge in [-0.25, -0.2) is 0 Å². The van der Waals surface area contributed by atoms with Crippen molar-refractivity contribution < 1.29 is 9.53 Å². The van der Waals surface area contributed by atoms with Gasteiger partial charge in [0.2, 0.25) is 5.91 Å². The fourth-order valence-corrected chi connectivity index (χ4v) is 4.71. The molecule has 0 aliphatic carbocycles. The Balaban J connectivity index is 1.35. The Morgan fingerprint density at radius 2 is 1.79 bits per heavy atom. The number of carbonyl (C=O) groups is 1. The first-order chi connectivity index (χ1) is 16.4. The molecule has 3 aromatic rings. The Hall–Kier alpha value is -2.81. The van der Waals surface area contributed by atoms with Crippen molar-refractivity contribution in [3.05, 3.63) is 70.0 Å². The van der Waals surface area contributed by atoms with Crippen molar-refractivity contribution in [3.63, 3.8) is 0 Å². The minimum Gasteiger partial charge on any atom is -0.373 e. The molecule has 1 aromatic heterocycles. The molecule has 0 spiro atoms. The fourth-order valence-electron chi connectivity index (χ4n) is 4.48. The van der Waals surface area contributed by atoms with Crippen molar-refractivity contribution in [2.75, 3.05) is 13.1 Å². The molecule has 180 valence electrons. The number of morpholine rings is 1. The van der Waals surface area contributed by atoms with Crippen molar-refractivity contribution >= 4 is 18.1 Å². The molecule has 1 amide bonds. The first kappa shape index (κ1) is 24.3. The minimum atomic E-state index is -0.0126. The molecule has 0 radical (unpaired) electrons. The van der Waals surface area contributed by atoms with Gasteiger partial charge in [-0.3, -0.25) is 19.4 Å². The third-order valence-electron chi connectivity index (χ3n) is 6.11. The number of hydrogen-bond acceptors (Lipinski definition) is 5. The largest absolute Gasteiger partial charge is 0.373 e. The van der Waals surface area contributed by atoms with Gasteiger partial charge in [-0.05, 0) is 44.1 Å². The van der Waals surface area contributed by atoms with E-state index in [4.69, 9.17) is 17.0 Å². The zero-order chi connectivity index (χ0) is 24.1. The van der Waals surface area contributed by atoms with Gasteiger partial charge in [-0.15, -0.1) is 0 Å². The highest BCUT2D eigenvalue weighted by atomic mass is 32.1. The fraction of sp³-hybridized carbons (Fsp3) is 0.423. The van der Waals surface area contributed by atoms with Gasteiger partial charge in [0.1, 0.15) is 0 Å². The van der Waals surface area contributed by atoms with Crippen LogP contribution in [0.5, 0.6) is 0 Å². The number of hydrogen-bond donors (Lipinski definition) is 2. The average molecular weight is 480 g/mol. The van der Waals surface area contributed by atoms with Gasteiger partial charge in [-0.2, -0.15) is 5.10 Å². The monoisotopic (exact) mass is 479 g/mol. The summed E-state index contributed by atoms with van der Waals surface area (Å²) >= 11 is 5.40. The van der Waals surface area contributed by atoms with Gasteiger partial charge >= 0.3 is 0 Å². The SMILES string of the molecule is Cc1ccc(-c2n[nH]c(=S)n2CCC(=O)NCc2ccccc2CN2CC(C)OC(C)C2)cc1. The van der Waals surface area contributed by atoms with Crippen molar-refractivity contribution in [1.29, 1.82) is 0 Å². The Morgan fingerprint density at radius 1 is 1.12 bits per heavy atom. The summed E-state index contributed by atoms with van der Waals surface area (Å²) in [5.41, 5.74) is 4.53. The smallest absolute Gasteiger partial charge is 0.222 e. The highest BCUT2D eigenvalue weighted by Crippen LogP contribution is 2.19. The van der Waals surface area contributed by atoms with Crippen LogP contribution in [0.1, 0.15) is 37.0 Å². The number of aromatic nitrogens is 3. The molecule has 2 heterocycles. The lowest BCUT2D eigenvalue weighted by Crippen LogP contribution is -2.45. The third-order valence-corrected chi connectivity index (χ3v) is 6.43. The number of nitrogens with zero attached hydrogens (tertiary/aromatic N) is 3. The second-order valence-corrected chi connectivity index (χ2v) is 9.50. The number of benzene rings is 2. The normalized spacial score (nSPS) is 18.7. The number of H-pyrrole nitrogens is 1. The topological polar surface area (TPSA) is 75.2 Å². The molecule has 8 heteroatoms. The maximum absolute atomic E-state index is 12.7. The van der Waals surface area contributed by atoms with Crippen LogP contribution in [-0.4, -0.2) is 50.9 Å². The van der Waals surface area contributed by atoms with Crippen LogP contribution < -0.4 is 5.32 Å². The zero-order valence-corrected chi connectivity index (χ0v) is 20.9. The van der Waals surface area contributed by atoms with E-state index >= 15 is 0 Å². The number of carbonyl (C=O) groups excluding carboxylic acids is 1. The van der Waals surface area contributed by atoms with Crippen molar-refractivity contribution in [3.8, 4) is 11.4 Å². The molecule has 2 unspecified atom stereocenters. The van der Waals surface area contributed by atoms with Crippen molar-refractivity contribution in [1.82, 2.24) is 25.0 Å². The molecular weight excluding hydrogens is 446 g/mol. The van der Waals surface area contributed by atoms with E-state index in [1.807, 2.05) is 41.8 Å². The van der Waals surface area contributed by atoms with E-state index in [1.165, 1.54) is 11.1 Å². The molecule has 1 aliphatic heterocycles. The number of aryl methyl sites for hydroxylation is 1. The van der Waals surface area contributed by atoms with Crippen LogP contribution in [0.3, 0.4) is 0 Å². The van der Waals surface area contributed by atoms with Gasteiger partial charge in [-0.1, -0.05) is 54.1 Å². The lowest BCUT2D eigenvalue weighted by atomic mass is 10.1. The highest BCUT2D eigenvalue weighted by molar-refractivity contribution is 7.71. The Labute approximate surface area is 206 Å². The molecule has 2 atom stereocenters. The summed E-state index contributed by atoms with van der Waals surface area (Å²) in [6, 6.07) is 16.4. The van der Waals surface area contributed by atoms with Gasteiger partial charge < -0.3 is 10.1 Å². The maximum Gasteiger partial charge on any atom is 0.222 e. The Kier molecular flexibility index (Phi) is 7.92. The van der Waals surface area contributed by atoms with Gasteiger partial charge in [0, 0.05) is 44.7 Å². The van der Waals surface area contributed by atoms with E-state index in [1.54, 1.807) is 0 Å². The predicted octanol–water partition coefficient (Wildman–Crippen LogP) is 4.23. The molecule has 1 saturated heterocycles. The molecular formula is C26H33N5O2S. The average Bonchev–Trinajstić information content (AvgIpc) is 3.17. The molecule has 1 aliphatic rings. The molecule has 4 rings (SSSR count). The van der Waals surface area contributed by atoms with Crippen LogP contribution in [0.15, 0.2) is 48.5 Å². The molecule has 0 saturated carbocycles. The van der Waals surface area contributed by atoms with E-state index in [-0.39, 0.29) is 18.1 Å². The number of amides is 1. The second-order valence-electron chi connectivity index (χ2n) is 9.12. The quantitative estimate of drug-likeness (QED) is 0.473. The molecule has 2 N–H and O–H groups in total. The van der Waals surface area contributed by atoms with Gasteiger partial charge in [0.15, 0.2) is 10.6 Å². The van der Waals surface area contributed by atoms with Gasteiger partial charge in [0.05, 0.1) is 12.2 Å². The maximum atomic E-state index is 12.7. The van der Waals surface area contributed by atoms with E-state index in [0.29, 0.717) is 24.3 Å². The van der Waals surface area contributed by atoms with Crippen molar-refractivity contribution in [2.45, 2.75) is 59.0 Å². The van der Waals surface area contributed by atoms with Crippen LogP contribution in [-0.2, 0) is 29.2 Å². The first-order valence-electron chi connectivity index (χ1n) is 11.8. The Morgan fingerprint density at radius 3 is 2.50 bits per heavy atom. The summed E-state index contributed by atoms with van der Waals surface area (Å²) < 4.78 is 8.26. The minimum absolute atomic E-state index is 0.0126. The van der Waals surface area contributed by atoms with E-state index in [0.717, 1.165) is 36.6 Å². The third kappa shape index (κ3) is 6.20. The number of rotatable bonds is 8. The molecule has 34 heavy (non-hydrogen) atoms. The molecule has 1 fully saturated rings. The summed E-state index contributed by atoms with van der Waals surface area (Å²) in [7, 11) is 0. The predicted molar refractivity (Wildman–Crippen MR) is 136 cm³/mol. The van der Waals surface area contributed by atoms with Crippen molar-refractivity contribution in [2.24, 2.45) is 0 Å². The second kappa shape index (κ2) is 11.1. The van der Waals surface area contributed by atoms with Crippen LogP contribution in [0.2, 0.25) is 0 Å². The summed E-state index contributed by atoms with van der Waals surface area (Å²) in [6.07, 6.45) is 0.790. The standard InChI is InChI=1S/C26H33N5O2S/c1-18-8-10-21(11-9-18)25-28-29-26(34)31(25)13-12-24(32)27-14-22-6-4-5-7-23(22)17-30-15-19(2)33-20(3)16-30/h4-11,19-20H,12-17H2,1-3H3,(H,27,32)(H,29,34). The van der Waals surface area contributed by atoms with E-state index in [2.05, 4.69) is 52.5 Å². The van der Waals surface area contributed by atoms with E-state index < -0.39 is 0 Å². The van der Waals surface area contributed by atoms with Crippen LogP contribution in [0, 0.1) is 11.7 Å². The lowest BCUT2D eigenvalue weighted by Gasteiger charge is -2.35. The summed E-state index contributed by atoms with van der Waals surface area (Å²) in [5, 5.41) is 10.3. The molecule has 7 nitrogen and oxygen atoms in total. The van der Waals surface area contributed by atoms with Gasteiger partial charge in [0.25, 0.3) is 0 Å². The zero-order valence-electron chi connectivity index (χ0n) is 20.1. The summed E-state index contributed by atoms with van der Waals surface area (Å²) in [5.74, 6) is 0.735. The number of nitrogens with one attached hydrogen (secondary N) is 2. The highest BCUT2D eigenvalue weighted by Gasteiger charge is 2.22. The first-order valence-corrected chi connectivity index (χ1v) is 12.2.